The van der Waals surface area contributed by atoms with Crippen molar-refractivity contribution in [2.45, 2.75) is 6.54 Å². The van der Waals surface area contributed by atoms with E-state index in [9.17, 15) is 19.7 Å². The molecule has 0 aliphatic rings. The average Bonchev–Trinajstić information content (AvgIpc) is 3.03. The minimum absolute atomic E-state index is 0.0339. The molecule has 0 bridgehead atoms. The monoisotopic (exact) mass is 435 g/mol. The molecular formula is C18H14ClN3O6S. The molecular weight excluding hydrogens is 422 g/mol. The summed E-state index contributed by atoms with van der Waals surface area (Å²) < 4.78 is 12.2. The van der Waals surface area contributed by atoms with E-state index in [2.05, 4.69) is 4.99 Å². The Morgan fingerprint density at radius 2 is 2.00 bits per heavy atom. The Labute approximate surface area is 172 Å². The number of esters is 1. The SMILES string of the molecule is COC(=O)Cn1c(=NC(=O)c2cc([N+](=O)[O-])ccc2Cl)sc2cc(OC)ccc21. The molecule has 150 valence electrons. The highest BCUT2D eigenvalue weighted by Crippen LogP contribution is 2.25. The highest BCUT2D eigenvalue weighted by Gasteiger charge is 2.17. The van der Waals surface area contributed by atoms with E-state index in [0.717, 1.165) is 22.1 Å². The molecule has 1 aromatic heterocycles. The molecule has 0 radical (unpaired) electrons. The van der Waals surface area contributed by atoms with E-state index < -0.39 is 16.8 Å². The number of aromatic nitrogens is 1. The second kappa shape index (κ2) is 8.41. The first kappa shape index (κ1) is 20.5. The third kappa shape index (κ3) is 4.28. The van der Waals surface area contributed by atoms with Gasteiger partial charge in [-0.05, 0) is 24.3 Å². The minimum atomic E-state index is -0.768. The number of nitro groups is 1. The van der Waals surface area contributed by atoms with E-state index in [1.807, 2.05) is 0 Å². The summed E-state index contributed by atoms with van der Waals surface area (Å²) in [6, 6.07) is 8.72. The third-order valence-corrected chi connectivity index (χ3v) is 5.36. The Balaban J connectivity index is 2.17. The molecule has 0 saturated carbocycles. The van der Waals surface area contributed by atoms with Crippen LogP contribution < -0.4 is 9.54 Å². The van der Waals surface area contributed by atoms with Gasteiger partial charge in [0.1, 0.15) is 12.3 Å². The molecule has 2 aromatic carbocycles. The van der Waals surface area contributed by atoms with Gasteiger partial charge in [0.25, 0.3) is 11.6 Å². The number of hydrogen-bond acceptors (Lipinski definition) is 7. The predicted octanol–water partition coefficient (Wildman–Crippen LogP) is 3.19. The van der Waals surface area contributed by atoms with Crippen LogP contribution in [0.25, 0.3) is 10.2 Å². The van der Waals surface area contributed by atoms with E-state index in [0.29, 0.717) is 11.3 Å². The topological polar surface area (TPSA) is 113 Å². The van der Waals surface area contributed by atoms with Crippen molar-refractivity contribution >= 4 is 50.7 Å². The van der Waals surface area contributed by atoms with Crippen LogP contribution in [0.15, 0.2) is 41.4 Å². The van der Waals surface area contributed by atoms with Crippen molar-refractivity contribution in [2.24, 2.45) is 4.99 Å². The molecule has 29 heavy (non-hydrogen) atoms. The number of methoxy groups -OCH3 is 2. The smallest absolute Gasteiger partial charge is 0.325 e. The maximum absolute atomic E-state index is 12.7. The van der Waals surface area contributed by atoms with Gasteiger partial charge in [-0.3, -0.25) is 19.7 Å². The van der Waals surface area contributed by atoms with Crippen LogP contribution in [-0.4, -0.2) is 35.6 Å². The van der Waals surface area contributed by atoms with Gasteiger partial charge in [0.05, 0.1) is 39.9 Å². The van der Waals surface area contributed by atoms with Gasteiger partial charge in [-0.15, -0.1) is 0 Å². The van der Waals surface area contributed by atoms with Gasteiger partial charge in [0.15, 0.2) is 4.80 Å². The molecule has 1 heterocycles. The number of amides is 1. The van der Waals surface area contributed by atoms with Crippen molar-refractivity contribution in [2.75, 3.05) is 14.2 Å². The first-order valence-electron chi connectivity index (χ1n) is 8.11. The Kier molecular flexibility index (Phi) is 5.95. The zero-order chi connectivity index (χ0) is 21.1. The molecule has 11 heteroatoms. The first-order chi connectivity index (χ1) is 13.8. The number of nitrogens with zero attached hydrogens (tertiary/aromatic N) is 3. The second-order valence-corrected chi connectivity index (χ2v) is 7.14. The van der Waals surface area contributed by atoms with E-state index in [-0.39, 0.29) is 27.6 Å². The van der Waals surface area contributed by atoms with E-state index in [1.54, 1.807) is 18.2 Å². The van der Waals surface area contributed by atoms with Crippen molar-refractivity contribution in [3.05, 3.63) is 61.9 Å². The number of rotatable bonds is 5. The number of nitro benzene ring substituents is 1. The molecule has 1 amide bonds. The van der Waals surface area contributed by atoms with E-state index in [1.165, 1.54) is 30.9 Å². The zero-order valence-corrected chi connectivity index (χ0v) is 16.8. The minimum Gasteiger partial charge on any atom is -0.497 e. The molecule has 0 saturated heterocycles. The highest BCUT2D eigenvalue weighted by atomic mass is 35.5. The van der Waals surface area contributed by atoms with Crippen LogP contribution in [0.2, 0.25) is 5.02 Å². The van der Waals surface area contributed by atoms with Gasteiger partial charge in [0.2, 0.25) is 0 Å². The van der Waals surface area contributed by atoms with Crippen molar-refractivity contribution in [3.8, 4) is 5.75 Å². The van der Waals surface area contributed by atoms with Gasteiger partial charge in [-0.25, -0.2) is 0 Å². The van der Waals surface area contributed by atoms with Gasteiger partial charge in [-0.1, -0.05) is 22.9 Å². The molecule has 0 N–H and O–H groups in total. The maximum Gasteiger partial charge on any atom is 0.325 e. The van der Waals surface area contributed by atoms with Crippen LogP contribution in [0.3, 0.4) is 0 Å². The lowest BCUT2D eigenvalue weighted by molar-refractivity contribution is -0.384. The lowest BCUT2D eigenvalue weighted by Crippen LogP contribution is -2.22. The van der Waals surface area contributed by atoms with Crippen LogP contribution >= 0.6 is 22.9 Å². The van der Waals surface area contributed by atoms with Crippen LogP contribution in [0.5, 0.6) is 5.75 Å². The largest absolute Gasteiger partial charge is 0.497 e. The molecule has 0 aliphatic heterocycles. The number of carbonyl (C=O) groups excluding carboxylic acids is 2. The standard InChI is InChI=1S/C18H14ClN3O6S/c1-27-11-4-6-14-15(8-11)29-18(21(14)9-16(23)28-2)20-17(24)12-7-10(22(25)26)3-5-13(12)19/h3-8H,9H2,1-2H3. The summed E-state index contributed by atoms with van der Waals surface area (Å²) in [5, 5.41) is 11.0. The zero-order valence-electron chi connectivity index (χ0n) is 15.2. The van der Waals surface area contributed by atoms with Crippen molar-refractivity contribution < 1.29 is 24.0 Å². The lowest BCUT2D eigenvalue weighted by Gasteiger charge is -2.04. The number of carbonyl (C=O) groups is 2. The van der Waals surface area contributed by atoms with Gasteiger partial charge < -0.3 is 14.0 Å². The van der Waals surface area contributed by atoms with Crippen LogP contribution in [0, 0.1) is 10.1 Å². The van der Waals surface area contributed by atoms with Gasteiger partial charge >= 0.3 is 5.97 Å². The summed E-state index contributed by atoms with van der Waals surface area (Å²) in [5.74, 6) is -0.692. The highest BCUT2D eigenvalue weighted by molar-refractivity contribution is 7.16. The number of ether oxygens (including phenoxy) is 2. The fourth-order valence-electron chi connectivity index (χ4n) is 2.55. The first-order valence-corrected chi connectivity index (χ1v) is 9.30. The summed E-state index contributed by atoms with van der Waals surface area (Å²) >= 11 is 7.19. The number of benzene rings is 2. The molecule has 0 atom stereocenters. The summed E-state index contributed by atoms with van der Waals surface area (Å²) in [5.41, 5.74) is 0.259. The number of halogens is 1. The number of hydrogen-bond donors (Lipinski definition) is 0. The molecule has 0 unspecified atom stereocenters. The molecule has 0 spiro atoms. The summed E-state index contributed by atoms with van der Waals surface area (Å²) in [6.45, 7) is -0.169. The van der Waals surface area contributed by atoms with Crippen molar-refractivity contribution in [1.29, 1.82) is 0 Å². The summed E-state index contributed by atoms with van der Waals surface area (Å²) in [4.78, 5) is 39.2. The Morgan fingerprint density at radius 3 is 2.66 bits per heavy atom. The van der Waals surface area contributed by atoms with Gasteiger partial charge in [0, 0.05) is 12.1 Å². The third-order valence-electron chi connectivity index (χ3n) is 3.99. The predicted molar refractivity (Wildman–Crippen MR) is 106 cm³/mol. The molecule has 3 rings (SSSR count). The Bertz CT molecular complexity index is 1200. The van der Waals surface area contributed by atoms with E-state index in [4.69, 9.17) is 21.1 Å². The molecule has 0 aliphatic carbocycles. The van der Waals surface area contributed by atoms with Gasteiger partial charge in [-0.2, -0.15) is 4.99 Å². The van der Waals surface area contributed by atoms with Crippen molar-refractivity contribution in [1.82, 2.24) is 4.57 Å². The summed E-state index contributed by atoms with van der Waals surface area (Å²) in [7, 11) is 2.78. The van der Waals surface area contributed by atoms with Crippen molar-refractivity contribution in [3.63, 3.8) is 0 Å². The Hall–Kier alpha value is -3.24. The average molecular weight is 436 g/mol. The fourth-order valence-corrected chi connectivity index (χ4v) is 3.80. The van der Waals surface area contributed by atoms with Crippen LogP contribution in [-0.2, 0) is 16.1 Å². The molecule has 9 nitrogen and oxygen atoms in total. The quantitative estimate of drug-likeness (QED) is 0.345. The fraction of sp³-hybridized carbons (Fsp3) is 0.167. The maximum atomic E-state index is 12.7. The van der Waals surface area contributed by atoms with E-state index >= 15 is 0 Å². The summed E-state index contributed by atoms with van der Waals surface area (Å²) in [6.07, 6.45) is 0. The molecule has 3 aromatic rings. The number of thiazole rings is 1. The lowest BCUT2D eigenvalue weighted by atomic mass is 10.2. The van der Waals surface area contributed by atoms with Crippen LogP contribution in [0.1, 0.15) is 10.4 Å². The number of fused-ring (bicyclic) bond motifs is 1. The van der Waals surface area contributed by atoms with Crippen LogP contribution in [0.4, 0.5) is 5.69 Å². The normalized spacial score (nSPS) is 11.5. The molecule has 0 fully saturated rings. The Morgan fingerprint density at radius 1 is 1.24 bits per heavy atom. The number of non-ortho nitro benzene ring substituents is 1. The second-order valence-electron chi connectivity index (χ2n) is 5.72.